The standard InChI is InChI=1S/C24H25N3OS/c1-27-21-6-5-18(20-16-29-23(26-20)17-8-13-25-14-9-17)15-19(21)24(12-7-22(27)28)10-3-2-4-11-24/h5-6,8-9,13-16H,2-4,7,10-12H2,1H3. The molecule has 0 N–H and O–H groups in total. The highest BCUT2D eigenvalue weighted by Crippen LogP contribution is 2.49. The predicted octanol–water partition coefficient (Wildman–Crippen LogP) is 5.83. The van der Waals surface area contributed by atoms with Gasteiger partial charge < -0.3 is 4.90 Å². The van der Waals surface area contributed by atoms with Crippen LogP contribution in [-0.2, 0) is 10.2 Å². The zero-order valence-electron chi connectivity index (χ0n) is 16.7. The maximum absolute atomic E-state index is 12.6. The van der Waals surface area contributed by atoms with E-state index in [1.807, 2.05) is 24.1 Å². The third-order valence-corrected chi connectivity index (χ3v) is 7.55. The average molecular weight is 404 g/mol. The summed E-state index contributed by atoms with van der Waals surface area (Å²) in [5.41, 5.74) is 5.82. The van der Waals surface area contributed by atoms with Crippen LogP contribution in [0.25, 0.3) is 21.8 Å². The highest BCUT2D eigenvalue weighted by molar-refractivity contribution is 7.13. The minimum Gasteiger partial charge on any atom is -0.315 e. The number of carbonyl (C=O) groups excluding carboxylic acids is 1. The number of carbonyl (C=O) groups is 1. The summed E-state index contributed by atoms with van der Waals surface area (Å²) >= 11 is 1.66. The van der Waals surface area contributed by atoms with Gasteiger partial charge in [-0.15, -0.1) is 11.3 Å². The number of nitrogens with zero attached hydrogens (tertiary/aromatic N) is 3. The molecule has 1 spiro atoms. The fraction of sp³-hybridized carbons (Fsp3) is 0.375. The number of aromatic nitrogens is 2. The number of fused-ring (bicyclic) bond motifs is 2. The van der Waals surface area contributed by atoms with Gasteiger partial charge in [0.25, 0.3) is 0 Å². The largest absolute Gasteiger partial charge is 0.315 e. The fourth-order valence-corrected chi connectivity index (χ4v) is 5.81. The first kappa shape index (κ1) is 18.5. The topological polar surface area (TPSA) is 46.1 Å². The summed E-state index contributed by atoms with van der Waals surface area (Å²) in [5.74, 6) is 0.232. The maximum atomic E-state index is 12.6. The Bertz CT molecular complexity index is 1040. The van der Waals surface area contributed by atoms with Crippen molar-refractivity contribution in [1.29, 1.82) is 0 Å². The van der Waals surface area contributed by atoms with E-state index in [4.69, 9.17) is 4.98 Å². The molecule has 0 atom stereocenters. The quantitative estimate of drug-likeness (QED) is 0.541. The van der Waals surface area contributed by atoms with E-state index in [9.17, 15) is 4.79 Å². The van der Waals surface area contributed by atoms with Crippen molar-refractivity contribution < 1.29 is 4.79 Å². The molecule has 3 heterocycles. The first-order valence-electron chi connectivity index (χ1n) is 10.4. The molecular weight excluding hydrogens is 378 g/mol. The van der Waals surface area contributed by atoms with Crippen LogP contribution >= 0.6 is 11.3 Å². The Morgan fingerprint density at radius 1 is 1.00 bits per heavy atom. The zero-order valence-corrected chi connectivity index (χ0v) is 17.5. The lowest BCUT2D eigenvalue weighted by molar-refractivity contribution is -0.118. The Morgan fingerprint density at radius 2 is 1.79 bits per heavy atom. The highest BCUT2D eigenvalue weighted by atomic mass is 32.1. The van der Waals surface area contributed by atoms with Crippen molar-refractivity contribution >= 4 is 22.9 Å². The van der Waals surface area contributed by atoms with Crippen molar-refractivity contribution in [2.75, 3.05) is 11.9 Å². The van der Waals surface area contributed by atoms with Gasteiger partial charge in [-0.05, 0) is 54.5 Å². The summed E-state index contributed by atoms with van der Waals surface area (Å²) < 4.78 is 0. The number of hydrogen-bond donors (Lipinski definition) is 0. The van der Waals surface area contributed by atoms with E-state index in [2.05, 4.69) is 28.6 Å². The summed E-state index contributed by atoms with van der Waals surface area (Å²) in [4.78, 5) is 23.5. The van der Waals surface area contributed by atoms with Crippen LogP contribution in [0.4, 0.5) is 5.69 Å². The first-order valence-corrected chi connectivity index (χ1v) is 11.3. The molecule has 4 nitrogen and oxygen atoms in total. The molecule has 2 aromatic heterocycles. The van der Waals surface area contributed by atoms with Gasteiger partial charge in [-0.3, -0.25) is 9.78 Å². The molecule has 0 unspecified atom stereocenters. The normalized spacial score (nSPS) is 18.5. The molecule has 2 aliphatic rings. The lowest BCUT2D eigenvalue weighted by Crippen LogP contribution is -2.29. The van der Waals surface area contributed by atoms with Gasteiger partial charge in [-0.1, -0.05) is 25.3 Å². The fourth-order valence-electron chi connectivity index (χ4n) is 4.98. The molecule has 0 saturated heterocycles. The Kier molecular flexibility index (Phi) is 4.70. The second-order valence-electron chi connectivity index (χ2n) is 8.30. The van der Waals surface area contributed by atoms with Crippen molar-refractivity contribution in [2.45, 2.75) is 50.4 Å². The number of hydrogen-bond acceptors (Lipinski definition) is 4. The van der Waals surface area contributed by atoms with Crippen molar-refractivity contribution in [3.8, 4) is 21.8 Å². The van der Waals surface area contributed by atoms with Crippen LogP contribution in [0.2, 0.25) is 0 Å². The molecule has 1 saturated carbocycles. The molecule has 148 valence electrons. The maximum Gasteiger partial charge on any atom is 0.226 e. The number of pyridine rings is 1. The summed E-state index contributed by atoms with van der Waals surface area (Å²) in [6.07, 6.45) is 11.4. The van der Waals surface area contributed by atoms with E-state index >= 15 is 0 Å². The third-order valence-electron chi connectivity index (χ3n) is 6.66. The van der Waals surface area contributed by atoms with Gasteiger partial charge in [0, 0.05) is 48.1 Å². The molecule has 1 aliphatic carbocycles. The molecule has 0 bridgehead atoms. The summed E-state index contributed by atoms with van der Waals surface area (Å²) in [6.45, 7) is 0. The van der Waals surface area contributed by atoms with Gasteiger partial charge in [-0.25, -0.2) is 4.98 Å². The number of rotatable bonds is 2. The number of amides is 1. The Hall–Kier alpha value is -2.53. The molecular formula is C24H25N3OS. The average Bonchev–Trinajstić information content (AvgIpc) is 3.25. The third kappa shape index (κ3) is 3.27. The van der Waals surface area contributed by atoms with Crippen molar-refractivity contribution in [1.82, 2.24) is 9.97 Å². The number of thiazole rings is 1. The highest BCUT2D eigenvalue weighted by Gasteiger charge is 2.39. The smallest absolute Gasteiger partial charge is 0.226 e. The lowest BCUT2D eigenvalue weighted by Gasteiger charge is -2.38. The monoisotopic (exact) mass is 403 g/mol. The summed E-state index contributed by atoms with van der Waals surface area (Å²) in [6, 6.07) is 10.6. The molecule has 5 heteroatoms. The molecule has 29 heavy (non-hydrogen) atoms. The predicted molar refractivity (Wildman–Crippen MR) is 118 cm³/mol. The van der Waals surface area contributed by atoms with Crippen LogP contribution in [0.1, 0.15) is 50.5 Å². The van der Waals surface area contributed by atoms with E-state index in [0.717, 1.165) is 33.9 Å². The zero-order chi connectivity index (χ0) is 19.8. The minimum atomic E-state index is 0.133. The van der Waals surface area contributed by atoms with Crippen LogP contribution in [0.5, 0.6) is 0 Å². The van der Waals surface area contributed by atoms with E-state index < -0.39 is 0 Å². The van der Waals surface area contributed by atoms with Crippen LogP contribution < -0.4 is 4.90 Å². The second-order valence-corrected chi connectivity index (χ2v) is 9.16. The number of benzene rings is 1. The van der Waals surface area contributed by atoms with Crippen molar-refractivity contribution in [2.24, 2.45) is 0 Å². The molecule has 1 aliphatic heterocycles. The SMILES string of the molecule is CN1C(=O)CCC2(CCCCC2)c2cc(-c3csc(-c4ccncc4)n3)ccc21. The lowest BCUT2D eigenvalue weighted by atomic mass is 9.66. The first-order chi connectivity index (χ1) is 14.2. The second kappa shape index (κ2) is 7.38. The van der Waals surface area contributed by atoms with E-state index in [0.29, 0.717) is 6.42 Å². The summed E-state index contributed by atoms with van der Waals surface area (Å²) in [5, 5.41) is 3.15. The van der Waals surface area contributed by atoms with Gasteiger partial charge in [0.2, 0.25) is 5.91 Å². The Morgan fingerprint density at radius 3 is 2.59 bits per heavy atom. The molecule has 1 amide bonds. The van der Waals surface area contributed by atoms with E-state index in [-0.39, 0.29) is 11.3 Å². The van der Waals surface area contributed by atoms with Crippen LogP contribution in [0.15, 0.2) is 48.1 Å². The molecule has 1 aromatic carbocycles. The minimum absolute atomic E-state index is 0.133. The van der Waals surface area contributed by atoms with Gasteiger partial charge in [0.05, 0.1) is 5.69 Å². The van der Waals surface area contributed by atoms with Gasteiger partial charge in [-0.2, -0.15) is 0 Å². The Balaban J connectivity index is 1.59. The molecule has 0 radical (unpaired) electrons. The number of anilines is 1. The van der Waals surface area contributed by atoms with Gasteiger partial charge in [0.1, 0.15) is 5.01 Å². The van der Waals surface area contributed by atoms with Crippen molar-refractivity contribution in [3.05, 3.63) is 53.7 Å². The molecule has 3 aromatic rings. The van der Waals surface area contributed by atoms with Crippen LogP contribution in [-0.4, -0.2) is 22.9 Å². The van der Waals surface area contributed by atoms with Gasteiger partial charge >= 0.3 is 0 Å². The van der Waals surface area contributed by atoms with Gasteiger partial charge in [0.15, 0.2) is 0 Å². The van der Waals surface area contributed by atoms with Crippen LogP contribution in [0, 0.1) is 0 Å². The van der Waals surface area contributed by atoms with E-state index in [1.165, 1.54) is 37.7 Å². The van der Waals surface area contributed by atoms with E-state index in [1.54, 1.807) is 23.7 Å². The van der Waals surface area contributed by atoms with Crippen molar-refractivity contribution in [3.63, 3.8) is 0 Å². The summed E-state index contributed by atoms with van der Waals surface area (Å²) in [7, 11) is 1.92. The molecule has 5 rings (SSSR count). The Labute approximate surface area is 175 Å². The molecule has 1 fully saturated rings. The van der Waals surface area contributed by atoms with Crippen LogP contribution in [0.3, 0.4) is 0 Å².